The number of fused-ring (bicyclic) bond motifs is 1. The Kier molecular flexibility index (Phi) is 3.87. The number of phenolic OH excluding ortho intramolecular Hbond substituents is 1. The summed E-state index contributed by atoms with van der Waals surface area (Å²) < 4.78 is 1.04. The number of benzene rings is 1. The van der Waals surface area contributed by atoms with E-state index < -0.39 is 0 Å². The van der Waals surface area contributed by atoms with Crippen molar-refractivity contribution in [3.63, 3.8) is 0 Å². The van der Waals surface area contributed by atoms with Gasteiger partial charge in [-0.2, -0.15) is 0 Å². The van der Waals surface area contributed by atoms with Crippen molar-refractivity contribution in [2.45, 2.75) is 38.5 Å². The molecular formula is C15H20N2OS. The Morgan fingerprint density at radius 1 is 1.26 bits per heavy atom. The number of rotatable bonds is 4. The van der Waals surface area contributed by atoms with E-state index in [9.17, 15) is 5.11 Å². The highest BCUT2D eigenvalue weighted by atomic mass is 32.1. The van der Waals surface area contributed by atoms with Gasteiger partial charge in [0.1, 0.15) is 5.75 Å². The van der Waals surface area contributed by atoms with Crippen LogP contribution in [0, 0.1) is 5.92 Å². The van der Waals surface area contributed by atoms with E-state index in [0.29, 0.717) is 5.75 Å². The van der Waals surface area contributed by atoms with E-state index >= 15 is 0 Å². The second-order valence-electron chi connectivity index (χ2n) is 5.39. The minimum atomic E-state index is 0.310. The van der Waals surface area contributed by atoms with E-state index in [1.54, 1.807) is 23.5 Å². The van der Waals surface area contributed by atoms with Crippen LogP contribution in [0.3, 0.4) is 0 Å². The average Bonchev–Trinajstić information content (AvgIpc) is 2.82. The smallest absolute Gasteiger partial charge is 0.183 e. The SMILES string of the molecule is Oc1ccc2nc(NCCC3CCCCC3)sc2c1. The number of hydrogen-bond acceptors (Lipinski definition) is 4. The van der Waals surface area contributed by atoms with Crippen LogP contribution in [0.2, 0.25) is 0 Å². The summed E-state index contributed by atoms with van der Waals surface area (Å²) in [5.74, 6) is 1.21. The molecule has 0 atom stereocenters. The second kappa shape index (κ2) is 5.78. The first kappa shape index (κ1) is 12.7. The highest BCUT2D eigenvalue weighted by Gasteiger charge is 2.13. The molecule has 1 heterocycles. The van der Waals surface area contributed by atoms with Crippen LogP contribution in [-0.2, 0) is 0 Å². The van der Waals surface area contributed by atoms with Gasteiger partial charge in [0, 0.05) is 6.54 Å². The van der Waals surface area contributed by atoms with Crippen LogP contribution in [0.5, 0.6) is 5.75 Å². The molecule has 1 saturated carbocycles. The number of nitrogens with zero attached hydrogens (tertiary/aromatic N) is 1. The minimum Gasteiger partial charge on any atom is -0.508 e. The average molecular weight is 276 g/mol. The van der Waals surface area contributed by atoms with Crippen LogP contribution in [-0.4, -0.2) is 16.6 Å². The minimum absolute atomic E-state index is 0.310. The molecule has 4 heteroatoms. The van der Waals surface area contributed by atoms with Crippen molar-refractivity contribution in [1.82, 2.24) is 4.98 Å². The number of thiazole rings is 1. The van der Waals surface area contributed by atoms with Crippen molar-refractivity contribution in [3.8, 4) is 5.75 Å². The quantitative estimate of drug-likeness (QED) is 0.870. The molecule has 0 bridgehead atoms. The van der Waals surface area contributed by atoms with Crippen LogP contribution in [0.25, 0.3) is 10.2 Å². The summed E-state index contributed by atoms with van der Waals surface area (Å²) in [7, 11) is 0. The summed E-state index contributed by atoms with van der Waals surface area (Å²) in [5, 5.41) is 13.8. The van der Waals surface area contributed by atoms with E-state index in [4.69, 9.17) is 0 Å². The van der Waals surface area contributed by atoms with E-state index in [1.165, 1.54) is 38.5 Å². The van der Waals surface area contributed by atoms with Gasteiger partial charge in [0.25, 0.3) is 0 Å². The lowest BCUT2D eigenvalue weighted by atomic mass is 9.87. The summed E-state index contributed by atoms with van der Waals surface area (Å²) in [5.41, 5.74) is 0.961. The van der Waals surface area contributed by atoms with Crippen molar-refractivity contribution in [2.75, 3.05) is 11.9 Å². The Hall–Kier alpha value is -1.29. The highest BCUT2D eigenvalue weighted by Crippen LogP contribution is 2.30. The number of aromatic hydroxyl groups is 1. The van der Waals surface area contributed by atoms with Gasteiger partial charge in [-0.15, -0.1) is 0 Å². The third-order valence-corrected chi connectivity index (χ3v) is 4.90. The normalized spacial score (nSPS) is 16.8. The van der Waals surface area contributed by atoms with Gasteiger partial charge in [-0.1, -0.05) is 43.4 Å². The molecule has 1 aromatic heterocycles. The van der Waals surface area contributed by atoms with E-state index in [0.717, 1.165) is 27.8 Å². The molecule has 0 aliphatic heterocycles. The summed E-state index contributed by atoms with van der Waals surface area (Å²) in [6.07, 6.45) is 8.29. The van der Waals surface area contributed by atoms with Gasteiger partial charge < -0.3 is 10.4 Å². The first-order valence-electron chi connectivity index (χ1n) is 7.15. The van der Waals surface area contributed by atoms with E-state index in [-0.39, 0.29) is 0 Å². The van der Waals surface area contributed by atoms with Gasteiger partial charge in [-0.3, -0.25) is 0 Å². The Labute approximate surface area is 117 Å². The highest BCUT2D eigenvalue weighted by molar-refractivity contribution is 7.22. The van der Waals surface area contributed by atoms with Gasteiger partial charge in [0.15, 0.2) is 5.13 Å². The third-order valence-electron chi connectivity index (χ3n) is 3.93. The van der Waals surface area contributed by atoms with Crippen LogP contribution >= 0.6 is 11.3 Å². The molecule has 0 radical (unpaired) electrons. The largest absolute Gasteiger partial charge is 0.508 e. The molecular weight excluding hydrogens is 256 g/mol. The Morgan fingerprint density at radius 3 is 2.95 bits per heavy atom. The molecule has 2 aromatic rings. The van der Waals surface area contributed by atoms with Crippen LogP contribution in [0.4, 0.5) is 5.13 Å². The maximum atomic E-state index is 9.44. The molecule has 1 aliphatic rings. The molecule has 2 N–H and O–H groups in total. The fourth-order valence-electron chi connectivity index (χ4n) is 2.85. The van der Waals surface area contributed by atoms with Crippen LogP contribution in [0.15, 0.2) is 18.2 Å². The topological polar surface area (TPSA) is 45.2 Å². The summed E-state index contributed by atoms with van der Waals surface area (Å²) in [4.78, 5) is 4.53. The monoisotopic (exact) mass is 276 g/mol. The van der Waals surface area contributed by atoms with Crippen LogP contribution < -0.4 is 5.32 Å². The first-order valence-corrected chi connectivity index (χ1v) is 7.96. The summed E-state index contributed by atoms with van der Waals surface area (Å²) in [6, 6.07) is 5.33. The molecule has 102 valence electrons. The van der Waals surface area contributed by atoms with Gasteiger partial charge in [0.05, 0.1) is 10.2 Å². The van der Waals surface area contributed by atoms with E-state index in [1.807, 2.05) is 6.07 Å². The van der Waals surface area contributed by atoms with Crippen molar-refractivity contribution >= 4 is 26.7 Å². The standard InChI is InChI=1S/C15H20N2OS/c18-12-6-7-13-14(10-12)19-15(17-13)16-9-8-11-4-2-1-3-5-11/h6-7,10-11,18H,1-5,8-9H2,(H,16,17). The van der Waals surface area contributed by atoms with Gasteiger partial charge >= 0.3 is 0 Å². The fraction of sp³-hybridized carbons (Fsp3) is 0.533. The molecule has 1 fully saturated rings. The summed E-state index contributed by atoms with van der Waals surface area (Å²) >= 11 is 1.62. The molecule has 19 heavy (non-hydrogen) atoms. The molecule has 0 unspecified atom stereocenters. The predicted octanol–water partition coefficient (Wildman–Crippen LogP) is 4.38. The molecule has 1 aliphatic carbocycles. The third kappa shape index (κ3) is 3.18. The maximum absolute atomic E-state index is 9.44. The number of aromatic nitrogens is 1. The zero-order chi connectivity index (χ0) is 13.1. The second-order valence-corrected chi connectivity index (χ2v) is 6.42. The lowest BCUT2D eigenvalue weighted by molar-refractivity contribution is 0.345. The van der Waals surface area contributed by atoms with Crippen molar-refractivity contribution in [2.24, 2.45) is 5.92 Å². The fourth-order valence-corrected chi connectivity index (χ4v) is 3.77. The maximum Gasteiger partial charge on any atom is 0.183 e. The molecule has 1 aromatic carbocycles. The van der Waals surface area contributed by atoms with Crippen molar-refractivity contribution in [3.05, 3.63) is 18.2 Å². The Bertz CT molecular complexity index is 546. The van der Waals surface area contributed by atoms with Crippen molar-refractivity contribution < 1.29 is 5.11 Å². The molecule has 3 nitrogen and oxygen atoms in total. The summed E-state index contributed by atoms with van der Waals surface area (Å²) in [6.45, 7) is 1.01. The number of phenols is 1. The first-order chi connectivity index (χ1) is 9.31. The Balaban J connectivity index is 1.56. The van der Waals surface area contributed by atoms with Gasteiger partial charge in [-0.05, 0) is 30.5 Å². The van der Waals surface area contributed by atoms with Gasteiger partial charge in [-0.25, -0.2) is 4.98 Å². The number of hydrogen-bond donors (Lipinski definition) is 2. The Morgan fingerprint density at radius 2 is 2.11 bits per heavy atom. The lowest BCUT2D eigenvalue weighted by Gasteiger charge is -2.21. The molecule has 0 amide bonds. The molecule has 0 saturated heterocycles. The zero-order valence-electron chi connectivity index (χ0n) is 11.1. The van der Waals surface area contributed by atoms with Gasteiger partial charge in [0.2, 0.25) is 0 Å². The molecule has 3 rings (SSSR count). The lowest BCUT2D eigenvalue weighted by Crippen LogP contribution is -2.11. The zero-order valence-corrected chi connectivity index (χ0v) is 11.9. The number of nitrogens with one attached hydrogen (secondary N) is 1. The van der Waals surface area contributed by atoms with Crippen molar-refractivity contribution in [1.29, 1.82) is 0 Å². The predicted molar refractivity (Wildman–Crippen MR) is 81.0 cm³/mol. The van der Waals surface area contributed by atoms with E-state index in [2.05, 4.69) is 10.3 Å². The van der Waals surface area contributed by atoms with Crippen LogP contribution in [0.1, 0.15) is 38.5 Å². The number of anilines is 1. The molecule has 0 spiro atoms.